The zero-order valence-electron chi connectivity index (χ0n) is 22.6. The summed E-state index contributed by atoms with van der Waals surface area (Å²) in [7, 11) is 0. The number of aromatic carboxylic acids is 4. The summed E-state index contributed by atoms with van der Waals surface area (Å²) in [6, 6.07) is 20.1. The van der Waals surface area contributed by atoms with Crippen LogP contribution in [0.25, 0.3) is 0 Å². The molecule has 0 aliphatic carbocycles. The molecule has 0 aromatic heterocycles. The third kappa shape index (κ3) is 7.58. The first kappa shape index (κ1) is 29.9. The van der Waals surface area contributed by atoms with Gasteiger partial charge in [0, 0.05) is 13.8 Å². The van der Waals surface area contributed by atoms with Gasteiger partial charge in [-0.25, -0.2) is 19.2 Å². The Bertz CT molecular complexity index is 1560. The van der Waals surface area contributed by atoms with E-state index < -0.39 is 40.8 Å². The van der Waals surface area contributed by atoms with Crippen LogP contribution in [0.15, 0.2) is 84.9 Å². The first-order valence-electron chi connectivity index (χ1n) is 12.5. The highest BCUT2D eigenvalue weighted by Gasteiger charge is 2.23. The number of hydrogen-bond acceptors (Lipinski definition) is 8. The molecule has 0 fully saturated rings. The van der Waals surface area contributed by atoms with Crippen molar-refractivity contribution in [3.63, 3.8) is 0 Å². The topological polar surface area (TPSA) is 186 Å². The smallest absolute Gasteiger partial charge is 0.336 e. The van der Waals surface area contributed by atoms with E-state index in [1.54, 1.807) is 62.4 Å². The van der Waals surface area contributed by atoms with Gasteiger partial charge >= 0.3 is 23.9 Å². The minimum atomic E-state index is -1.39. The van der Waals surface area contributed by atoms with E-state index in [0.717, 1.165) is 24.3 Å². The van der Waals surface area contributed by atoms with Gasteiger partial charge in [-0.05, 0) is 84.9 Å². The summed E-state index contributed by atoms with van der Waals surface area (Å²) in [6.45, 7) is 3.38. The second-order valence-electron chi connectivity index (χ2n) is 9.39. The van der Waals surface area contributed by atoms with Gasteiger partial charge < -0.3 is 39.4 Å². The minimum absolute atomic E-state index is 0.145. The Hall–Kier alpha value is -6.04. The lowest BCUT2D eigenvalue weighted by Crippen LogP contribution is -2.35. The number of benzene rings is 4. The quantitative estimate of drug-likeness (QED) is 0.136. The third-order valence-electron chi connectivity index (χ3n) is 5.75. The van der Waals surface area contributed by atoms with Crippen LogP contribution in [-0.2, 0) is 0 Å². The molecule has 0 spiro atoms. The standard InChI is InChI=1S/C31H24O12/c1-31(2,42-19-7-3-17(4-8-19)40-21-11-13-23(27(32)33)25(15-21)29(36)37)43-20-9-5-18(6-10-20)41-22-12-14-24(28(34)35)26(16-22)30(38)39/h3-16H,1-2H3,(H,32,33)(H,34,35)(H,36,37)(H,38,39). The number of rotatable bonds is 12. The van der Waals surface area contributed by atoms with Gasteiger partial charge in [0.25, 0.3) is 0 Å². The van der Waals surface area contributed by atoms with Crippen LogP contribution in [0.1, 0.15) is 55.3 Å². The SMILES string of the molecule is CC(C)(Oc1ccc(Oc2ccc(C(=O)O)c(C(=O)O)c2)cc1)Oc1ccc(Oc2ccc(C(=O)O)c(C(=O)O)c2)cc1. The number of carbonyl (C=O) groups is 4. The second-order valence-corrected chi connectivity index (χ2v) is 9.39. The summed E-state index contributed by atoms with van der Waals surface area (Å²) in [5, 5.41) is 36.9. The lowest BCUT2D eigenvalue weighted by atomic mass is 10.1. The highest BCUT2D eigenvalue weighted by molar-refractivity contribution is 6.02. The molecular weight excluding hydrogens is 564 g/mol. The molecule has 0 aliphatic rings. The molecule has 0 atom stereocenters. The summed E-state index contributed by atoms with van der Waals surface area (Å²) >= 11 is 0. The van der Waals surface area contributed by atoms with Crippen molar-refractivity contribution in [1.29, 1.82) is 0 Å². The summed E-state index contributed by atoms with van der Waals surface area (Å²) in [6.07, 6.45) is 0. The normalized spacial score (nSPS) is 10.8. The van der Waals surface area contributed by atoms with Gasteiger partial charge in [0.15, 0.2) is 0 Å². The van der Waals surface area contributed by atoms with Crippen LogP contribution >= 0.6 is 0 Å². The second kappa shape index (κ2) is 12.2. The van der Waals surface area contributed by atoms with Crippen LogP contribution in [-0.4, -0.2) is 50.1 Å². The summed E-state index contributed by atoms with van der Waals surface area (Å²) in [4.78, 5) is 45.3. The van der Waals surface area contributed by atoms with E-state index >= 15 is 0 Å². The Kier molecular flexibility index (Phi) is 8.51. The molecule has 0 heterocycles. The molecule has 0 unspecified atom stereocenters. The van der Waals surface area contributed by atoms with Crippen LogP contribution in [0.2, 0.25) is 0 Å². The van der Waals surface area contributed by atoms with E-state index in [4.69, 9.17) is 29.2 Å². The fourth-order valence-corrected chi connectivity index (χ4v) is 3.91. The number of hydrogen-bond donors (Lipinski definition) is 4. The van der Waals surface area contributed by atoms with E-state index in [1.165, 1.54) is 12.1 Å². The summed E-state index contributed by atoms with van der Waals surface area (Å²) in [5.74, 6) is -4.76. The predicted molar refractivity (Wildman–Crippen MR) is 149 cm³/mol. The summed E-state index contributed by atoms with van der Waals surface area (Å²) in [5.41, 5.74) is -1.50. The molecule has 0 saturated carbocycles. The van der Waals surface area contributed by atoms with Crippen LogP contribution in [0.3, 0.4) is 0 Å². The van der Waals surface area contributed by atoms with Gasteiger partial charge in [-0.1, -0.05) is 0 Å². The van der Waals surface area contributed by atoms with E-state index in [0.29, 0.717) is 23.0 Å². The largest absolute Gasteiger partial charge is 0.478 e. The van der Waals surface area contributed by atoms with Crippen molar-refractivity contribution in [3.8, 4) is 34.5 Å². The highest BCUT2D eigenvalue weighted by Crippen LogP contribution is 2.30. The lowest BCUT2D eigenvalue weighted by molar-refractivity contribution is -0.0810. The number of carboxylic acid groups (broad SMARTS) is 4. The first-order chi connectivity index (χ1) is 20.3. The average molecular weight is 589 g/mol. The third-order valence-corrected chi connectivity index (χ3v) is 5.75. The molecule has 43 heavy (non-hydrogen) atoms. The lowest BCUT2D eigenvalue weighted by Gasteiger charge is -2.27. The molecule has 4 N–H and O–H groups in total. The fraction of sp³-hybridized carbons (Fsp3) is 0.0968. The van der Waals surface area contributed by atoms with Gasteiger partial charge in [0.1, 0.15) is 34.5 Å². The Balaban J connectivity index is 1.37. The summed E-state index contributed by atoms with van der Waals surface area (Å²) < 4.78 is 23.2. The molecule has 4 aromatic rings. The van der Waals surface area contributed by atoms with Crippen molar-refractivity contribution in [2.24, 2.45) is 0 Å². The van der Waals surface area contributed by atoms with Crippen LogP contribution < -0.4 is 18.9 Å². The molecule has 0 aliphatic heterocycles. The molecule has 220 valence electrons. The van der Waals surface area contributed by atoms with Crippen molar-refractivity contribution in [1.82, 2.24) is 0 Å². The van der Waals surface area contributed by atoms with Gasteiger partial charge in [0.2, 0.25) is 5.79 Å². The van der Waals surface area contributed by atoms with Crippen LogP contribution in [0.4, 0.5) is 0 Å². The highest BCUT2D eigenvalue weighted by atomic mass is 16.7. The zero-order chi connectivity index (χ0) is 31.3. The maximum Gasteiger partial charge on any atom is 0.336 e. The van der Waals surface area contributed by atoms with Crippen LogP contribution in [0.5, 0.6) is 34.5 Å². The van der Waals surface area contributed by atoms with E-state index in [2.05, 4.69) is 0 Å². The Morgan fingerprint density at radius 2 is 0.721 bits per heavy atom. The number of carboxylic acids is 4. The Labute approximate surface area is 243 Å². The van der Waals surface area contributed by atoms with Crippen molar-refractivity contribution in [2.75, 3.05) is 0 Å². The van der Waals surface area contributed by atoms with E-state index in [9.17, 15) is 29.4 Å². The maximum absolute atomic E-state index is 11.4. The monoisotopic (exact) mass is 588 g/mol. The fourth-order valence-electron chi connectivity index (χ4n) is 3.91. The molecule has 0 radical (unpaired) electrons. The van der Waals surface area contributed by atoms with Crippen molar-refractivity contribution >= 4 is 23.9 Å². The molecule has 0 saturated heterocycles. The molecule has 4 rings (SSSR count). The molecule has 4 aromatic carbocycles. The van der Waals surface area contributed by atoms with Crippen molar-refractivity contribution in [3.05, 3.63) is 107 Å². The molecular formula is C31H24O12. The van der Waals surface area contributed by atoms with Crippen molar-refractivity contribution in [2.45, 2.75) is 19.6 Å². The zero-order valence-corrected chi connectivity index (χ0v) is 22.6. The van der Waals surface area contributed by atoms with E-state index in [-0.39, 0.29) is 22.6 Å². The predicted octanol–water partition coefficient (Wildman–Crippen LogP) is 6.26. The number of ether oxygens (including phenoxy) is 4. The first-order valence-corrected chi connectivity index (χ1v) is 12.5. The van der Waals surface area contributed by atoms with Gasteiger partial charge in [-0.3, -0.25) is 0 Å². The molecule has 12 heteroatoms. The minimum Gasteiger partial charge on any atom is -0.478 e. The van der Waals surface area contributed by atoms with Gasteiger partial charge in [-0.2, -0.15) is 0 Å². The van der Waals surface area contributed by atoms with Gasteiger partial charge in [-0.15, -0.1) is 0 Å². The Morgan fingerprint density at radius 1 is 0.442 bits per heavy atom. The molecule has 12 nitrogen and oxygen atoms in total. The Morgan fingerprint density at radius 3 is 1.02 bits per heavy atom. The molecule has 0 bridgehead atoms. The maximum atomic E-state index is 11.4. The van der Waals surface area contributed by atoms with Crippen molar-refractivity contribution < 1.29 is 58.6 Å². The van der Waals surface area contributed by atoms with Gasteiger partial charge in [0.05, 0.1) is 22.3 Å². The average Bonchev–Trinajstić information content (AvgIpc) is 2.94. The van der Waals surface area contributed by atoms with E-state index in [1.807, 2.05) is 0 Å². The van der Waals surface area contributed by atoms with Crippen LogP contribution in [0, 0.1) is 0 Å². The molecule has 0 amide bonds.